The fourth-order valence-electron chi connectivity index (χ4n) is 4.09. The van der Waals surface area contributed by atoms with Gasteiger partial charge in [-0.05, 0) is 38.0 Å². The van der Waals surface area contributed by atoms with Gasteiger partial charge in [0.1, 0.15) is 5.82 Å². The van der Waals surface area contributed by atoms with Crippen molar-refractivity contribution in [3.8, 4) is 5.75 Å². The average molecular weight is 394 g/mol. The minimum absolute atomic E-state index is 0.0809. The Balaban J connectivity index is 1.71. The van der Waals surface area contributed by atoms with Crippen molar-refractivity contribution in [1.82, 2.24) is 14.5 Å². The number of nitro benzene ring substituents is 1. The van der Waals surface area contributed by atoms with Crippen LogP contribution in [-0.4, -0.2) is 38.9 Å². The molecule has 0 spiro atoms. The molecule has 8 heteroatoms. The van der Waals surface area contributed by atoms with Gasteiger partial charge in [0.2, 0.25) is 0 Å². The Morgan fingerprint density at radius 1 is 1.31 bits per heavy atom. The molecule has 29 heavy (non-hydrogen) atoms. The van der Waals surface area contributed by atoms with E-state index < -0.39 is 4.92 Å². The number of rotatable bonds is 5. The van der Waals surface area contributed by atoms with E-state index in [1.54, 1.807) is 0 Å². The molecule has 0 N–H and O–H groups in total. The third-order valence-electron chi connectivity index (χ3n) is 5.44. The first-order chi connectivity index (χ1) is 14.0. The standard InChI is InChI=1S/C21H22N4O4/c1-3-23-16-8-5-4-7-15(16)22-20(23)18-9-6-12-24(18)21(26)14-10-11-17(25(27)28)19(13-14)29-2/h4-5,7-8,10-11,13,18H,3,6,9,12H2,1-2H3/t18-/m0/s1. The number of amides is 1. The summed E-state index contributed by atoms with van der Waals surface area (Å²) in [6.45, 7) is 3.45. The first-order valence-electron chi connectivity index (χ1n) is 9.63. The third kappa shape index (κ3) is 3.20. The van der Waals surface area contributed by atoms with Crippen LogP contribution >= 0.6 is 0 Å². The van der Waals surface area contributed by atoms with Crippen molar-refractivity contribution in [3.05, 3.63) is 64.0 Å². The molecule has 1 aliphatic rings. The predicted octanol–water partition coefficient (Wildman–Crippen LogP) is 3.95. The number of hydrogen-bond acceptors (Lipinski definition) is 5. The predicted molar refractivity (Wildman–Crippen MR) is 108 cm³/mol. The molecule has 1 fully saturated rings. The summed E-state index contributed by atoms with van der Waals surface area (Å²) in [4.78, 5) is 30.5. The molecule has 0 unspecified atom stereocenters. The molecule has 0 bridgehead atoms. The number of benzene rings is 2. The van der Waals surface area contributed by atoms with Crippen LogP contribution in [0.1, 0.15) is 42.0 Å². The van der Waals surface area contributed by atoms with E-state index in [9.17, 15) is 14.9 Å². The Kier molecular flexibility index (Phi) is 4.92. The van der Waals surface area contributed by atoms with Crippen molar-refractivity contribution in [2.24, 2.45) is 0 Å². The number of methoxy groups -OCH3 is 1. The fraction of sp³-hybridized carbons (Fsp3) is 0.333. The van der Waals surface area contributed by atoms with Gasteiger partial charge in [-0.2, -0.15) is 0 Å². The van der Waals surface area contributed by atoms with Gasteiger partial charge >= 0.3 is 5.69 Å². The second-order valence-electron chi connectivity index (χ2n) is 7.00. The van der Waals surface area contributed by atoms with Crippen LogP contribution in [0.25, 0.3) is 11.0 Å². The number of nitro groups is 1. The summed E-state index contributed by atoms with van der Waals surface area (Å²) >= 11 is 0. The lowest BCUT2D eigenvalue weighted by atomic mass is 10.1. The lowest BCUT2D eigenvalue weighted by molar-refractivity contribution is -0.385. The molecular weight excluding hydrogens is 372 g/mol. The van der Waals surface area contributed by atoms with Crippen LogP contribution in [0.3, 0.4) is 0 Å². The molecule has 0 radical (unpaired) electrons. The van der Waals surface area contributed by atoms with Crippen molar-refractivity contribution in [3.63, 3.8) is 0 Å². The molecule has 0 saturated carbocycles. The number of aromatic nitrogens is 2. The van der Waals surface area contributed by atoms with E-state index in [2.05, 4.69) is 11.5 Å². The van der Waals surface area contributed by atoms with Crippen molar-refractivity contribution in [1.29, 1.82) is 0 Å². The summed E-state index contributed by atoms with van der Waals surface area (Å²) in [6.07, 6.45) is 1.71. The molecule has 150 valence electrons. The van der Waals surface area contributed by atoms with E-state index in [-0.39, 0.29) is 23.4 Å². The molecule has 2 aromatic carbocycles. The van der Waals surface area contributed by atoms with Crippen LogP contribution in [0, 0.1) is 10.1 Å². The maximum atomic E-state index is 13.3. The lowest BCUT2D eigenvalue weighted by Crippen LogP contribution is -2.32. The van der Waals surface area contributed by atoms with Crippen LogP contribution in [-0.2, 0) is 6.54 Å². The summed E-state index contributed by atoms with van der Waals surface area (Å²) in [7, 11) is 1.36. The Labute approximate surface area is 167 Å². The maximum Gasteiger partial charge on any atom is 0.310 e. The van der Waals surface area contributed by atoms with Gasteiger partial charge < -0.3 is 14.2 Å². The smallest absolute Gasteiger partial charge is 0.310 e. The normalized spacial score (nSPS) is 16.3. The molecule has 1 saturated heterocycles. The number of likely N-dealkylation sites (tertiary alicyclic amines) is 1. The fourth-order valence-corrected chi connectivity index (χ4v) is 4.09. The molecule has 2 heterocycles. The molecule has 8 nitrogen and oxygen atoms in total. The second-order valence-corrected chi connectivity index (χ2v) is 7.00. The molecule has 1 atom stereocenters. The van der Waals surface area contributed by atoms with Gasteiger partial charge in [0, 0.05) is 30.8 Å². The van der Waals surface area contributed by atoms with Crippen LogP contribution in [0.15, 0.2) is 42.5 Å². The zero-order valence-corrected chi connectivity index (χ0v) is 16.4. The molecule has 0 aliphatic carbocycles. The second kappa shape index (κ2) is 7.54. The topological polar surface area (TPSA) is 90.5 Å². The number of nitrogens with zero attached hydrogens (tertiary/aromatic N) is 4. The minimum atomic E-state index is -0.518. The SMILES string of the molecule is CCn1c([C@@H]2CCCN2C(=O)c2ccc([N+](=O)[O-])c(OC)c2)nc2ccccc21. The Morgan fingerprint density at radius 2 is 2.10 bits per heavy atom. The first kappa shape index (κ1) is 18.9. The van der Waals surface area contributed by atoms with Crippen LogP contribution in [0.4, 0.5) is 5.69 Å². The van der Waals surface area contributed by atoms with Crippen LogP contribution in [0.2, 0.25) is 0 Å². The average Bonchev–Trinajstić information content (AvgIpc) is 3.36. The van der Waals surface area contributed by atoms with Gasteiger partial charge in [0.15, 0.2) is 5.75 Å². The monoisotopic (exact) mass is 394 g/mol. The molecule has 4 rings (SSSR count). The molecule has 1 aliphatic heterocycles. The summed E-state index contributed by atoms with van der Waals surface area (Å²) in [5, 5.41) is 11.1. The molecule has 1 aromatic heterocycles. The molecular formula is C21H22N4O4. The highest BCUT2D eigenvalue weighted by Gasteiger charge is 2.34. The highest BCUT2D eigenvalue weighted by atomic mass is 16.6. The zero-order valence-electron chi connectivity index (χ0n) is 16.4. The number of imidazole rings is 1. The van der Waals surface area contributed by atoms with E-state index in [4.69, 9.17) is 9.72 Å². The molecule has 3 aromatic rings. The van der Waals surface area contributed by atoms with Crippen LogP contribution < -0.4 is 4.74 Å². The summed E-state index contributed by atoms with van der Waals surface area (Å²) in [5.74, 6) is 0.793. The highest BCUT2D eigenvalue weighted by molar-refractivity contribution is 5.95. The number of carbonyl (C=O) groups is 1. The number of ether oxygens (including phenoxy) is 1. The van der Waals surface area contributed by atoms with E-state index in [0.717, 1.165) is 36.2 Å². The van der Waals surface area contributed by atoms with E-state index in [0.29, 0.717) is 12.1 Å². The van der Waals surface area contributed by atoms with E-state index in [1.807, 2.05) is 29.2 Å². The third-order valence-corrected chi connectivity index (χ3v) is 5.44. The Hall–Kier alpha value is -3.42. The first-order valence-corrected chi connectivity index (χ1v) is 9.63. The van der Waals surface area contributed by atoms with Crippen molar-refractivity contribution < 1.29 is 14.5 Å². The zero-order chi connectivity index (χ0) is 20.5. The quantitative estimate of drug-likeness (QED) is 0.483. The maximum absolute atomic E-state index is 13.3. The van der Waals surface area contributed by atoms with Gasteiger partial charge in [-0.1, -0.05) is 12.1 Å². The summed E-state index contributed by atoms with van der Waals surface area (Å²) < 4.78 is 7.27. The number of para-hydroxylation sites is 2. The number of aryl methyl sites for hydroxylation is 1. The molecule has 1 amide bonds. The van der Waals surface area contributed by atoms with Gasteiger partial charge in [-0.3, -0.25) is 14.9 Å². The summed E-state index contributed by atoms with van der Waals surface area (Å²) in [6, 6.07) is 12.1. The number of fused-ring (bicyclic) bond motifs is 1. The van der Waals surface area contributed by atoms with Gasteiger partial charge in [-0.15, -0.1) is 0 Å². The van der Waals surface area contributed by atoms with Crippen LogP contribution in [0.5, 0.6) is 5.75 Å². The summed E-state index contributed by atoms with van der Waals surface area (Å²) in [5.41, 5.74) is 2.19. The Morgan fingerprint density at radius 3 is 2.83 bits per heavy atom. The lowest BCUT2D eigenvalue weighted by Gasteiger charge is -2.25. The van der Waals surface area contributed by atoms with Crippen molar-refractivity contribution in [2.75, 3.05) is 13.7 Å². The number of carbonyl (C=O) groups excluding carboxylic acids is 1. The van der Waals surface area contributed by atoms with Crippen molar-refractivity contribution >= 4 is 22.6 Å². The van der Waals surface area contributed by atoms with Gasteiger partial charge in [0.05, 0.1) is 29.1 Å². The van der Waals surface area contributed by atoms with Gasteiger partial charge in [0.25, 0.3) is 5.91 Å². The largest absolute Gasteiger partial charge is 0.490 e. The van der Waals surface area contributed by atoms with Gasteiger partial charge in [-0.25, -0.2) is 4.98 Å². The van der Waals surface area contributed by atoms with E-state index >= 15 is 0 Å². The minimum Gasteiger partial charge on any atom is -0.490 e. The Bertz CT molecular complexity index is 1090. The van der Waals surface area contributed by atoms with E-state index in [1.165, 1.54) is 25.3 Å². The highest BCUT2D eigenvalue weighted by Crippen LogP contribution is 2.35. The van der Waals surface area contributed by atoms with Crippen molar-refractivity contribution in [2.45, 2.75) is 32.4 Å². The number of hydrogen-bond donors (Lipinski definition) is 0.